The molecule has 0 radical (unpaired) electrons. The quantitative estimate of drug-likeness (QED) is 0.866. The van der Waals surface area contributed by atoms with E-state index in [0.717, 1.165) is 12.0 Å². The summed E-state index contributed by atoms with van der Waals surface area (Å²) >= 11 is 0. The van der Waals surface area contributed by atoms with E-state index in [0.29, 0.717) is 29.2 Å². The number of nitrogens with two attached hydrogens (primary N) is 1. The summed E-state index contributed by atoms with van der Waals surface area (Å²) in [6.45, 7) is 2.68. The predicted molar refractivity (Wildman–Crippen MR) is 83.3 cm³/mol. The lowest BCUT2D eigenvalue weighted by molar-refractivity contribution is 0.391. The van der Waals surface area contributed by atoms with Crippen molar-refractivity contribution in [3.05, 3.63) is 59.2 Å². The van der Waals surface area contributed by atoms with Gasteiger partial charge in [-0.05, 0) is 42.2 Å². The molecule has 2 aromatic carbocycles. The van der Waals surface area contributed by atoms with Crippen LogP contribution in [0.3, 0.4) is 0 Å². The number of benzene rings is 2. The number of anilines is 1. The summed E-state index contributed by atoms with van der Waals surface area (Å²) in [6.07, 6.45) is 0.747. The molecule has 0 aromatic heterocycles. The Bertz CT molecular complexity index is 785. The van der Waals surface area contributed by atoms with E-state index in [1.807, 2.05) is 18.2 Å². The lowest BCUT2D eigenvalue weighted by Crippen LogP contribution is -2.36. The zero-order valence-electron chi connectivity index (χ0n) is 11.9. The maximum Gasteiger partial charge on any atom is 0.243 e. The fraction of sp³-hybridized carbons (Fsp3) is 0.250. The van der Waals surface area contributed by atoms with Gasteiger partial charge in [-0.2, -0.15) is 4.31 Å². The fourth-order valence-electron chi connectivity index (χ4n) is 2.72. The highest BCUT2D eigenvalue weighted by Gasteiger charge is 2.29. The van der Waals surface area contributed by atoms with Gasteiger partial charge in [-0.15, -0.1) is 0 Å². The molecule has 0 saturated heterocycles. The van der Waals surface area contributed by atoms with Crippen LogP contribution in [-0.4, -0.2) is 19.3 Å². The average Bonchev–Trinajstić information content (AvgIpc) is 2.49. The molecule has 0 unspecified atom stereocenters. The molecule has 0 fully saturated rings. The van der Waals surface area contributed by atoms with Gasteiger partial charge in [0.2, 0.25) is 10.0 Å². The molecule has 1 aliphatic heterocycles. The van der Waals surface area contributed by atoms with Crippen molar-refractivity contribution in [2.45, 2.75) is 24.8 Å². The summed E-state index contributed by atoms with van der Waals surface area (Å²) in [6, 6.07) is 13.0. The molecule has 2 N–H and O–H groups in total. The maximum atomic E-state index is 12.8. The molecule has 21 heavy (non-hydrogen) atoms. The molecule has 2 aromatic rings. The van der Waals surface area contributed by atoms with Crippen LogP contribution in [0.1, 0.15) is 16.7 Å². The first kappa shape index (κ1) is 14.1. The van der Waals surface area contributed by atoms with Crippen molar-refractivity contribution in [3.8, 4) is 0 Å². The zero-order chi connectivity index (χ0) is 15.0. The minimum Gasteiger partial charge on any atom is -0.398 e. The smallest absolute Gasteiger partial charge is 0.243 e. The lowest BCUT2D eigenvalue weighted by Gasteiger charge is -2.28. The molecule has 1 aliphatic rings. The molecule has 4 nitrogen and oxygen atoms in total. The van der Waals surface area contributed by atoms with Crippen molar-refractivity contribution in [3.63, 3.8) is 0 Å². The van der Waals surface area contributed by atoms with E-state index in [2.05, 4.69) is 6.07 Å². The number of fused-ring (bicyclic) bond motifs is 1. The van der Waals surface area contributed by atoms with E-state index in [9.17, 15) is 8.42 Å². The number of hydrogen-bond donors (Lipinski definition) is 1. The Kier molecular flexibility index (Phi) is 3.47. The monoisotopic (exact) mass is 302 g/mol. The number of nitrogen functional groups attached to an aromatic ring is 1. The maximum absolute atomic E-state index is 12.8. The highest BCUT2D eigenvalue weighted by Crippen LogP contribution is 2.28. The van der Waals surface area contributed by atoms with Gasteiger partial charge in [-0.25, -0.2) is 8.42 Å². The van der Waals surface area contributed by atoms with E-state index < -0.39 is 10.0 Å². The first-order valence-electron chi connectivity index (χ1n) is 6.92. The predicted octanol–water partition coefficient (Wildman–Crippen LogP) is 2.32. The van der Waals surface area contributed by atoms with Gasteiger partial charge in [-0.3, -0.25) is 0 Å². The molecule has 0 amide bonds. The van der Waals surface area contributed by atoms with Crippen LogP contribution in [0.5, 0.6) is 0 Å². The Labute approximate surface area is 125 Å². The number of hydrogen-bond acceptors (Lipinski definition) is 3. The Morgan fingerprint density at radius 3 is 2.52 bits per heavy atom. The minimum absolute atomic E-state index is 0.307. The second kappa shape index (κ2) is 5.16. The van der Waals surface area contributed by atoms with Gasteiger partial charge in [0.05, 0.1) is 4.90 Å². The zero-order valence-corrected chi connectivity index (χ0v) is 12.7. The third-order valence-electron chi connectivity index (χ3n) is 4.04. The van der Waals surface area contributed by atoms with Crippen LogP contribution in [0.15, 0.2) is 47.4 Å². The van der Waals surface area contributed by atoms with Crippen molar-refractivity contribution in [1.82, 2.24) is 4.31 Å². The lowest BCUT2D eigenvalue weighted by atomic mass is 10.0. The van der Waals surface area contributed by atoms with Crippen molar-refractivity contribution in [1.29, 1.82) is 0 Å². The second-order valence-electron chi connectivity index (χ2n) is 5.33. The topological polar surface area (TPSA) is 63.4 Å². The van der Waals surface area contributed by atoms with Gasteiger partial charge < -0.3 is 5.73 Å². The average molecular weight is 302 g/mol. The van der Waals surface area contributed by atoms with E-state index in [1.165, 1.54) is 9.87 Å². The van der Waals surface area contributed by atoms with Crippen LogP contribution >= 0.6 is 0 Å². The van der Waals surface area contributed by atoms with Crippen molar-refractivity contribution < 1.29 is 8.42 Å². The van der Waals surface area contributed by atoms with Crippen LogP contribution in [-0.2, 0) is 23.0 Å². The largest absolute Gasteiger partial charge is 0.398 e. The Hall–Kier alpha value is -1.85. The van der Waals surface area contributed by atoms with Crippen molar-refractivity contribution in [2.24, 2.45) is 0 Å². The van der Waals surface area contributed by atoms with Gasteiger partial charge in [0.1, 0.15) is 0 Å². The van der Waals surface area contributed by atoms with E-state index in [4.69, 9.17) is 5.73 Å². The third kappa shape index (κ3) is 2.43. The molecule has 0 saturated carbocycles. The normalized spacial score (nSPS) is 15.7. The van der Waals surface area contributed by atoms with Gasteiger partial charge >= 0.3 is 0 Å². The van der Waals surface area contributed by atoms with Gasteiger partial charge in [0, 0.05) is 18.8 Å². The van der Waals surface area contributed by atoms with Gasteiger partial charge in [-0.1, -0.05) is 30.3 Å². The van der Waals surface area contributed by atoms with Crippen LogP contribution in [0.2, 0.25) is 0 Å². The second-order valence-corrected chi connectivity index (χ2v) is 7.23. The molecule has 3 rings (SSSR count). The third-order valence-corrected chi connectivity index (χ3v) is 6.03. The summed E-state index contributed by atoms with van der Waals surface area (Å²) < 4.78 is 27.2. The Morgan fingerprint density at radius 1 is 1.05 bits per heavy atom. The molecule has 0 bridgehead atoms. The fourth-order valence-corrected chi connectivity index (χ4v) is 4.40. The Balaban J connectivity index is 1.99. The highest BCUT2D eigenvalue weighted by molar-refractivity contribution is 7.89. The highest BCUT2D eigenvalue weighted by atomic mass is 32.2. The summed E-state index contributed by atoms with van der Waals surface area (Å²) in [5.41, 5.74) is 9.28. The molecule has 0 aliphatic carbocycles. The Morgan fingerprint density at radius 2 is 1.76 bits per heavy atom. The van der Waals surface area contributed by atoms with Gasteiger partial charge in [0.25, 0.3) is 0 Å². The van der Waals surface area contributed by atoms with Crippen LogP contribution < -0.4 is 5.73 Å². The SMILES string of the molecule is Cc1c(N)cccc1S(=O)(=O)N1CCc2ccccc2C1. The minimum atomic E-state index is -3.50. The van der Waals surface area contributed by atoms with E-state index in [1.54, 1.807) is 25.1 Å². The molecule has 110 valence electrons. The van der Waals surface area contributed by atoms with Crippen molar-refractivity contribution in [2.75, 3.05) is 12.3 Å². The summed E-state index contributed by atoms with van der Waals surface area (Å²) in [5.74, 6) is 0. The molecular formula is C16H18N2O2S. The molecular weight excluding hydrogens is 284 g/mol. The molecule has 5 heteroatoms. The van der Waals surface area contributed by atoms with Crippen LogP contribution in [0.25, 0.3) is 0 Å². The molecule has 1 heterocycles. The van der Waals surface area contributed by atoms with Crippen LogP contribution in [0.4, 0.5) is 5.69 Å². The van der Waals surface area contributed by atoms with Crippen molar-refractivity contribution >= 4 is 15.7 Å². The standard InChI is InChI=1S/C16H18N2O2S/c1-12-15(17)7-4-8-16(12)21(19,20)18-10-9-13-5-2-3-6-14(13)11-18/h2-8H,9-11,17H2,1H3. The summed E-state index contributed by atoms with van der Waals surface area (Å²) in [5, 5.41) is 0. The summed E-state index contributed by atoms with van der Waals surface area (Å²) in [4.78, 5) is 0.307. The van der Waals surface area contributed by atoms with Gasteiger partial charge in [0.15, 0.2) is 0 Å². The van der Waals surface area contributed by atoms with E-state index in [-0.39, 0.29) is 0 Å². The summed E-state index contributed by atoms with van der Waals surface area (Å²) in [7, 11) is -3.50. The number of rotatable bonds is 2. The molecule has 0 spiro atoms. The first-order valence-corrected chi connectivity index (χ1v) is 8.36. The number of nitrogens with zero attached hydrogens (tertiary/aromatic N) is 1. The van der Waals surface area contributed by atoms with Crippen LogP contribution in [0, 0.1) is 6.92 Å². The first-order chi connectivity index (χ1) is 10.00. The molecule has 0 atom stereocenters. The number of sulfonamides is 1. The van der Waals surface area contributed by atoms with E-state index >= 15 is 0 Å².